The second-order valence-corrected chi connectivity index (χ2v) is 7.59. The van der Waals surface area contributed by atoms with Gasteiger partial charge in [0.15, 0.2) is 0 Å². The number of hydrogen-bond donors (Lipinski definition) is 1. The predicted molar refractivity (Wildman–Crippen MR) is 116 cm³/mol. The van der Waals surface area contributed by atoms with Gasteiger partial charge in [0.1, 0.15) is 11.5 Å². The van der Waals surface area contributed by atoms with E-state index in [0.29, 0.717) is 37.6 Å². The summed E-state index contributed by atoms with van der Waals surface area (Å²) in [6.07, 6.45) is 0. The highest BCUT2D eigenvalue weighted by molar-refractivity contribution is 6.46. The zero-order valence-electron chi connectivity index (χ0n) is 17.5. The van der Waals surface area contributed by atoms with Gasteiger partial charge in [0.2, 0.25) is 0 Å². The summed E-state index contributed by atoms with van der Waals surface area (Å²) in [5, 5.41) is 11.0. The Bertz CT molecular complexity index is 982. The molecule has 1 atom stereocenters. The van der Waals surface area contributed by atoms with Crippen LogP contribution in [-0.4, -0.2) is 73.1 Å². The molecule has 2 aliphatic heterocycles. The molecule has 2 heterocycles. The number of nitrogens with zero attached hydrogens (tertiary/aromatic N) is 2. The van der Waals surface area contributed by atoms with E-state index in [1.807, 2.05) is 18.2 Å². The number of amides is 1. The number of hydrogen-bond acceptors (Lipinski definition) is 6. The number of aliphatic hydroxyl groups is 1. The van der Waals surface area contributed by atoms with E-state index in [0.717, 1.165) is 18.7 Å². The molecule has 2 aliphatic rings. The van der Waals surface area contributed by atoms with Crippen molar-refractivity contribution >= 4 is 17.4 Å². The van der Waals surface area contributed by atoms with Crippen molar-refractivity contribution in [3.05, 3.63) is 71.3 Å². The first-order valence-electron chi connectivity index (χ1n) is 10.4. The number of aliphatic hydroxyl groups excluding tert-OH is 1. The molecule has 0 radical (unpaired) electrons. The summed E-state index contributed by atoms with van der Waals surface area (Å²) in [6, 6.07) is 15.4. The van der Waals surface area contributed by atoms with Crippen LogP contribution in [-0.2, 0) is 14.3 Å². The first kappa shape index (κ1) is 21.1. The maximum absolute atomic E-state index is 13.0. The molecule has 2 aromatic rings. The molecule has 0 aliphatic carbocycles. The summed E-state index contributed by atoms with van der Waals surface area (Å²) in [5.41, 5.74) is 1.33. The lowest BCUT2D eigenvalue weighted by atomic mass is 9.95. The van der Waals surface area contributed by atoms with Crippen LogP contribution in [0.3, 0.4) is 0 Å². The summed E-state index contributed by atoms with van der Waals surface area (Å²) in [7, 11) is 1.57. The minimum Gasteiger partial charge on any atom is -0.507 e. The number of benzene rings is 2. The number of carbonyl (C=O) groups excluding carboxylic acids is 2. The van der Waals surface area contributed by atoms with Crippen LogP contribution in [0.4, 0.5) is 0 Å². The second kappa shape index (κ2) is 9.32. The highest BCUT2D eigenvalue weighted by Crippen LogP contribution is 2.40. The largest absolute Gasteiger partial charge is 0.507 e. The van der Waals surface area contributed by atoms with E-state index in [2.05, 4.69) is 4.90 Å². The fourth-order valence-corrected chi connectivity index (χ4v) is 4.09. The van der Waals surface area contributed by atoms with Crippen LogP contribution in [0.1, 0.15) is 17.2 Å². The number of ether oxygens (including phenoxy) is 2. The molecule has 4 rings (SSSR count). The first-order chi connectivity index (χ1) is 15.1. The zero-order chi connectivity index (χ0) is 21.8. The average Bonchev–Trinajstić information content (AvgIpc) is 3.08. The normalized spacial score (nSPS) is 21.5. The van der Waals surface area contributed by atoms with Gasteiger partial charge in [0.05, 0.1) is 31.9 Å². The van der Waals surface area contributed by atoms with Gasteiger partial charge in [-0.3, -0.25) is 14.5 Å². The minimum atomic E-state index is -0.684. The third-order valence-corrected chi connectivity index (χ3v) is 5.76. The van der Waals surface area contributed by atoms with Crippen molar-refractivity contribution in [2.24, 2.45) is 0 Å². The Morgan fingerprint density at radius 2 is 1.81 bits per heavy atom. The fraction of sp³-hybridized carbons (Fsp3) is 0.333. The van der Waals surface area contributed by atoms with Crippen LogP contribution in [0.15, 0.2) is 60.2 Å². The number of morpholine rings is 1. The van der Waals surface area contributed by atoms with Crippen molar-refractivity contribution in [1.82, 2.24) is 9.80 Å². The Labute approximate surface area is 181 Å². The molecule has 1 amide bonds. The van der Waals surface area contributed by atoms with Gasteiger partial charge in [0.25, 0.3) is 11.7 Å². The molecule has 2 fully saturated rings. The van der Waals surface area contributed by atoms with Gasteiger partial charge in [-0.2, -0.15) is 0 Å². The Morgan fingerprint density at radius 3 is 2.52 bits per heavy atom. The maximum atomic E-state index is 13.0. The third-order valence-electron chi connectivity index (χ3n) is 5.76. The summed E-state index contributed by atoms with van der Waals surface area (Å²) in [4.78, 5) is 29.8. The van der Waals surface area contributed by atoms with Crippen molar-refractivity contribution in [2.75, 3.05) is 46.5 Å². The lowest BCUT2D eigenvalue weighted by Crippen LogP contribution is -2.42. The Morgan fingerprint density at radius 1 is 1.06 bits per heavy atom. The van der Waals surface area contributed by atoms with Crippen LogP contribution in [0.25, 0.3) is 5.76 Å². The van der Waals surface area contributed by atoms with E-state index in [-0.39, 0.29) is 11.3 Å². The topological polar surface area (TPSA) is 79.3 Å². The van der Waals surface area contributed by atoms with Crippen LogP contribution < -0.4 is 4.74 Å². The maximum Gasteiger partial charge on any atom is 0.295 e. The van der Waals surface area contributed by atoms with E-state index in [1.165, 1.54) is 0 Å². The van der Waals surface area contributed by atoms with E-state index in [4.69, 9.17) is 9.47 Å². The highest BCUT2D eigenvalue weighted by atomic mass is 16.5. The molecule has 0 saturated carbocycles. The van der Waals surface area contributed by atoms with E-state index in [1.54, 1.807) is 48.4 Å². The Balaban J connectivity index is 1.74. The van der Waals surface area contributed by atoms with Gasteiger partial charge < -0.3 is 19.5 Å². The molecule has 2 saturated heterocycles. The zero-order valence-corrected chi connectivity index (χ0v) is 17.5. The number of rotatable bonds is 6. The van der Waals surface area contributed by atoms with Crippen molar-refractivity contribution in [3.8, 4) is 5.75 Å². The van der Waals surface area contributed by atoms with Gasteiger partial charge in [-0.05, 0) is 17.7 Å². The van der Waals surface area contributed by atoms with Crippen molar-refractivity contribution in [1.29, 1.82) is 0 Å². The summed E-state index contributed by atoms with van der Waals surface area (Å²) in [6.45, 7) is 3.90. The van der Waals surface area contributed by atoms with Gasteiger partial charge in [-0.15, -0.1) is 0 Å². The highest BCUT2D eigenvalue weighted by Gasteiger charge is 2.46. The Hall–Kier alpha value is -3.16. The summed E-state index contributed by atoms with van der Waals surface area (Å²) < 4.78 is 10.7. The van der Waals surface area contributed by atoms with Crippen LogP contribution in [0.2, 0.25) is 0 Å². The van der Waals surface area contributed by atoms with Crippen LogP contribution in [0.5, 0.6) is 5.75 Å². The lowest BCUT2D eigenvalue weighted by molar-refractivity contribution is -0.140. The molecule has 0 spiro atoms. The van der Waals surface area contributed by atoms with Crippen LogP contribution in [0, 0.1) is 0 Å². The monoisotopic (exact) mass is 422 g/mol. The Kier molecular flexibility index (Phi) is 6.34. The lowest BCUT2D eigenvalue weighted by Gasteiger charge is -2.31. The number of Topliss-reactive ketones (excluding diaryl/α,β-unsaturated/α-hetero) is 1. The number of carbonyl (C=O) groups is 2. The van der Waals surface area contributed by atoms with Crippen molar-refractivity contribution in [3.63, 3.8) is 0 Å². The molecule has 0 unspecified atom stereocenters. The van der Waals surface area contributed by atoms with Gasteiger partial charge in [-0.25, -0.2) is 0 Å². The quantitative estimate of drug-likeness (QED) is 0.438. The third kappa shape index (κ3) is 4.33. The summed E-state index contributed by atoms with van der Waals surface area (Å²) in [5.74, 6) is -0.814. The van der Waals surface area contributed by atoms with E-state index >= 15 is 0 Å². The molecule has 0 bridgehead atoms. The van der Waals surface area contributed by atoms with E-state index in [9.17, 15) is 14.7 Å². The molecule has 1 N–H and O–H groups in total. The molecule has 7 nitrogen and oxygen atoms in total. The average molecular weight is 422 g/mol. The van der Waals surface area contributed by atoms with Gasteiger partial charge in [-0.1, -0.05) is 42.5 Å². The van der Waals surface area contributed by atoms with E-state index < -0.39 is 17.7 Å². The SMILES string of the molecule is COc1cccc([C@H]2C(=C(O)c3ccccc3)C(=O)C(=O)N2CCN2CCOCC2)c1. The number of ketones is 1. The van der Waals surface area contributed by atoms with Crippen LogP contribution >= 0.6 is 0 Å². The first-order valence-corrected chi connectivity index (χ1v) is 10.4. The molecule has 2 aromatic carbocycles. The predicted octanol–water partition coefficient (Wildman–Crippen LogP) is 2.45. The second-order valence-electron chi connectivity index (χ2n) is 7.59. The molecular weight excluding hydrogens is 396 g/mol. The molecule has 0 aromatic heterocycles. The minimum absolute atomic E-state index is 0.103. The molecule has 162 valence electrons. The smallest absolute Gasteiger partial charge is 0.295 e. The standard InChI is InChI=1S/C24H26N2O5/c1-30-19-9-5-8-18(16-19)21-20(22(27)17-6-3-2-4-7-17)23(28)24(29)26(21)11-10-25-12-14-31-15-13-25/h2-9,16,21,27H,10-15H2,1H3/t21-/m0/s1. The molecular formula is C24H26N2O5. The fourth-order valence-electron chi connectivity index (χ4n) is 4.09. The summed E-state index contributed by atoms with van der Waals surface area (Å²) >= 11 is 0. The van der Waals surface area contributed by atoms with Gasteiger partial charge in [0, 0.05) is 31.7 Å². The molecule has 7 heteroatoms. The molecule has 31 heavy (non-hydrogen) atoms. The van der Waals surface area contributed by atoms with Crippen molar-refractivity contribution in [2.45, 2.75) is 6.04 Å². The van der Waals surface area contributed by atoms with Crippen molar-refractivity contribution < 1.29 is 24.2 Å². The number of likely N-dealkylation sites (tertiary alicyclic amines) is 1. The van der Waals surface area contributed by atoms with Gasteiger partial charge >= 0.3 is 0 Å². The number of methoxy groups -OCH3 is 1.